The first kappa shape index (κ1) is 24.1. The summed E-state index contributed by atoms with van der Waals surface area (Å²) in [6.45, 7) is 4.41. The van der Waals surface area contributed by atoms with Crippen molar-refractivity contribution in [1.29, 1.82) is 0 Å². The molecular formula is C22H22Cl2N4O3S2. The van der Waals surface area contributed by atoms with Gasteiger partial charge in [-0.05, 0) is 38.1 Å². The number of ether oxygens (including phenoxy) is 1. The third-order valence-electron chi connectivity index (χ3n) is 4.98. The minimum Gasteiger partial charge on any atom is -0.373 e. The highest BCUT2D eigenvalue weighted by atomic mass is 35.5. The van der Waals surface area contributed by atoms with Crippen LogP contribution in [-0.2, 0) is 14.8 Å². The second-order valence-corrected chi connectivity index (χ2v) is 11.3. The normalized spacial score (nSPS) is 19.8. The second kappa shape index (κ2) is 10.1. The number of nitrogens with zero attached hydrogens (tertiary/aromatic N) is 3. The number of hydrogen-bond donors (Lipinski definition) is 1. The highest BCUT2D eigenvalue weighted by Gasteiger charge is 2.32. The van der Waals surface area contributed by atoms with Crippen LogP contribution in [0.3, 0.4) is 0 Å². The van der Waals surface area contributed by atoms with Crippen LogP contribution in [0.25, 0.3) is 11.3 Å². The summed E-state index contributed by atoms with van der Waals surface area (Å²) in [4.78, 5) is 4.75. The largest absolute Gasteiger partial charge is 0.373 e. The van der Waals surface area contributed by atoms with E-state index in [4.69, 9.17) is 27.9 Å². The Bertz CT molecular complexity index is 1270. The maximum atomic E-state index is 13.2. The van der Waals surface area contributed by atoms with Crippen molar-refractivity contribution in [2.45, 2.75) is 31.0 Å². The lowest BCUT2D eigenvalue weighted by molar-refractivity contribution is -0.0440. The van der Waals surface area contributed by atoms with Crippen LogP contribution in [0.5, 0.6) is 0 Å². The molecule has 1 aromatic heterocycles. The Morgan fingerprint density at radius 2 is 1.94 bits per heavy atom. The van der Waals surface area contributed by atoms with Crippen molar-refractivity contribution < 1.29 is 13.2 Å². The number of hydrogen-bond acceptors (Lipinski definition) is 7. The summed E-state index contributed by atoms with van der Waals surface area (Å²) in [7, 11) is -3.64. The topological polar surface area (TPSA) is 83.9 Å². The third kappa shape index (κ3) is 5.74. The van der Waals surface area contributed by atoms with Crippen molar-refractivity contribution in [2.24, 2.45) is 5.10 Å². The highest BCUT2D eigenvalue weighted by Crippen LogP contribution is 2.29. The Balaban J connectivity index is 1.49. The van der Waals surface area contributed by atoms with E-state index in [1.165, 1.54) is 15.6 Å². The van der Waals surface area contributed by atoms with Crippen LogP contribution < -0.4 is 5.43 Å². The number of nitrogens with one attached hydrogen (secondary N) is 1. The predicted octanol–water partition coefficient (Wildman–Crippen LogP) is 5.36. The van der Waals surface area contributed by atoms with E-state index in [9.17, 15) is 8.42 Å². The van der Waals surface area contributed by atoms with Gasteiger partial charge < -0.3 is 4.74 Å². The van der Waals surface area contributed by atoms with Gasteiger partial charge in [-0.25, -0.2) is 13.4 Å². The van der Waals surface area contributed by atoms with E-state index in [0.29, 0.717) is 39.5 Å². The van der Waals surface area contributed by atoms with Crippen LogP contribution in [0.15, 0.2) is 57.8 Å². The molecule has 2 aromatic carbocycles. The lowest BCUT2D eigenvalue weighted by Crippen LogP contribution is -2.48. The minimum absolute atomic E-state index is 0.151. The molecule has 1 saturated heterocycles. The highest BCUT2D eigenvalue weighted by molar-refractivity contribution is 7.89. The first-order valence-electron chi connectivity index (χ1n) is 10.2. The first-order valence-corrected chi connectivity index (χ1v) is 13.3. The number of thiazole rings is 1. The van der Waals surface area contributed by atoms with Crippen LogP contribution in [-0.4, -0.2) is 49.2 Å². The van der Waals surface area contributed by atoms with Crippen molar-refractivity contribution in [3.8, 4) is 11.3 Å². The van der Waals surface area contributed by atoms with E-state index in [0.717, 1.165) is 5.56 Å². The molecule has 0 saturated carbocycles. The molecule has 7 nitrogen and oxygen atoms in total. The van der Waals surface area contributed by atoms with Crippen LogP contribution in [0.1, 0.15) is 19.4 Å². The zero-order valence-electron chi connectivity index (χ0n) is 17.9. The second-order valence-electron chi connectivity index (χ2n) is 7.68. The number of anilines is 1. The molecule has 1 aliphatic heterocycles. The molecule has 2 heterocycles. The van der Waals surface area contributed by atoms with E-state index in [2.05, 4.69) is 15.5 Å². The molecular weight excluding hydrogens is 503 g/mol. The summed E-state index contributed by atoms with van der Waals surface area (Å²) in [6.07, 6.45) is 1.28. The van der Waals surface area contributed by atoms with Crippen LogP contribution in [0, 0.1) is 0 Å². The maximum absolute atomic E-state index is 13.2. The molecule has 3 aromatic rings. The number of halogens is 2. The maximum Gasteiger partial charge on any atom is 0.243 e. The van der Waals surface area contributed by atoms with Gasteiger partial charge in [-0.1, -0.05) is 41.4 Å². The molecule has 1 fully saturated rings. The van der Waals surface area contributed by atoms with Crippen molar-refractivity contribution >= 4 is 55.9 Å². The number of hydrazone groups is 1. The molecule has 0 bridgehead atoms. The molecule has 0 spiro atoms. The van der Waals surface area contributed by atoms with E-state index in [1.807, 2.05) is 25.3 Å². The van der Waals surface area contributed by atoms with Crippen LogP contribution in [0.2, 0.25) is 10.0 Å². The van der Waals surface area contributed by atoms with E-state index in [1.54, 1.807) is 42.6 Å². The summed E-state index contributed by atoms with van der Waals surface area (Å²) in [5, 5.41) is 7.63. The molecule has 4 rings (SSSR count). The molecule has 174 valence electrons. The van der Waals surface area contributed by atoms with Crippen molar-refractivity contribution in [2.75, 3.05) is 18.5 Å². The smallest absolute Gasteiger partial charge is 0.243 e. The van der Waals surface area contributed by atoms with Gasteiger partial charge in [0.15, 0.2) is 0 Å². The number of morpholine rings is 1. The van der Waals surface area contributed by atoms with Gasteiger partial charge >= 0.3 is 0 Å². The van der Waals surface area contributed by atoms with Gasteiger partial charge in [0.25, 0.3) is 0 Å². The molecule has 0 amide bonds. The fourth-order valence-corrected chi connectivity index (χ4v) is 6.28. The van der Waals surface area contributed by atoms with Gasteiger partial charge in [-0.2, -0.15) is 9.41 Å². The van der Waals surface area contributed by atoms with Crippen molar-refractivity contribution in [3.63, 3.8) is 0 Å². The SMILES string of the molecule is C[C@@H]1CN(S(=O)(=O)c2cccc(-c3csc(N/N=C\c4ccc(Cl)cc4Cl)n3)c2)C[C@H](C)O1. The van der Waals surface area contributed by atoms with Gasteiger partial charge in [-0.3, -0.25) is 5.43 Å². The van der Waals surface area contributed by atoms with Gasteiger partial charge in [0, 0.05) is 34.6 Å². The third-order valence-corrected chi connectivity index (χ3v) is 8.12. The van der Waals surface area contributed by atoms with Gasteiger partial charge in [0.1, 0.15) is 0 Å². The standard InChI is InChI=1S/C22H22Cl2N4O3S2/c1-14-11-28(12-15(2)31-14)33(29,30)19-5-3-4-16(8-19)21-13-32-22(26-21)27-25-10-17-6-7-18(23)9-20(17)24/h3-10,13-15H,11-12H2,1-2H3,(H,26,27)/b25-10-/t14-,15+. The summed E-state index contributed by atoms with van der Waals surface area (Å²) in [5.74, 6) is 0. The van der Waals surface area contributed by atoms with Gasteiger partial charge in [0.05, 0.1) is 34.0 Å². The Kier molecular flexibility index (Phi) is 7.37. The zero-order chi connectivity index (χ0) is 23.6. The molecule has 0 radical (unpaired) electrons. The molecule has 0 aliphatic carbocycles. The van der Waals surface area contributed by atoms with E-state index >= 15 is 0 Å². The van der Waals surface area contributed by atoms with Crippen molar-refractivity contribution in [1.82, 2.24) is 9.29 Å². The minimum atomic E-state index is -3.64. The van der Waals surface area contributed by atoms with Crippen molar-refractivity contribution in [3.05, 3.63) is 63.5 Å². The lowest BCUT2D eigenvalue weighted by atomic mass is 10.2. The average Bonchev–Trinajstić information content (AvgIpc) is 3.24. The molecule has 1 aliphatic rings. The van der Waals surface area contributed by atoms with Crippen LogP contribution >= 0.6 is 34.5 Å². The zero-order valence-corrected chi connectivity index (χ0v) is 21.0. The molecule has 33 heavy (non-hydrogen) atoms. The fourth-order valence-electron chi connectivity index (χ4n) is 3.51. The Morgan fingerprint density at radius 1 is 1.18 bits per heavy atom. The monoisotopic (exact) mass is 524 g/mol. The number of aromatic nitrogens is 1. The van der Waals surface area contributed by atoms with Gasteiger partial charge in [-0.15, -0.1) is 11.3 Å². The van der Waals surface area contributed by atoms with Gasteiger partial charge in [0.2, 0.25) is 15.2 Å². The number of benzene rings is 2. The molecule has 11 heteroatoms. The Labute approximate surface area is 207 Å². The molecule has 2 atom stereocenters. The predicted molar refractivity (Wildman–Crippen MR) is 134 cm³/mol. The molecule has 1 N–H and O–H groups in total. The first-order chi connectivity index (χ1) is 15.7. The fraction of sp³-hybridized carbons (Fsp3) is 0.273. The average molecular weight is 525 g/mol. The summed E-state index contributed by atoms with van der Waals surface area (Å²) in [5.41, 5.74) is 4.96. The Morgan fingerprint density at radius 3 is 2.67 bits per heavy atom. The van der Waals surface area contributed by atoms with E-state index < -0.39 is 10.0 Å². The lowest BCUT2D eigenvalue weighted by Gasteiger charge is -2.34. The molecule has 0 unspecified atom stereocenters. The summed E-state index contributed by atoms with van der Waals surface area (Å²) in [6, 6.07) is 12.0. The number of rotatable bonds is 6. The Hall–Kier alpha value is -2.01. The van der Waals surface area contributed by atoms with Crippen LogP contribution in [0.4, 0.5) is 5.13 Å². The number of sulfonamides is 1. The van der Waals surface area contributed by atoms with E-state index in [-0.39, 0.29) is 17.1 Å². The summed E-state index contributed by atoms with van der Waals surface area (Å²) < 4.78 is 33.5. The summed E-state index contributed by atoms with van der Waals surface area (Å²) >= 11 is 13.4. The quantitative estimate of drug-likeness (QED) is 0.346.